The number of nitrogens with zero attached hydrogens (tertiary/aromatic N) is 2. The van der Waals surface area contributed by atoms with E-state index in [9.17, 15) is 36.7 Å². The van der Waals surface area contributed by atoms with Crippen molar-refractivity contribution in [1.29, 1.82) is 0 Å². The molecule has 11 heteroatoms. The molecule has 1 saturated carbocycles. The Kier molecular flexibility index (Phi) is 10.0. The van der Waals surface area contributed by atoms with E-state index >= 15 is 0 Å². The quantitative estimate of drug-likeness (QED) is 0.209. The number of likely N-dealkylation sites (N-methyl/N-ethyl adjacent to an activating group) is 1. The maximum atomic E-state index is 13.0. The Balaban J connectivity index is 0.000000268. The first-order valence-corrected chi connectivity index (χ1v) is 12.8. The van der Waals surface area contributed by atoms with Crippen LogP contribution in [0.1, 0.15) is 61.1 Å². The molecule has 2 aromatic carbocycles. The Morgan fingerprint density at radius 2 is 1.62 bits per heavy atom. The van der Waals surface area contributed by atoms with Crippen LogP contribution in [0, 0.1) is 17.2 Å². The van der Waals surface area contributed by atoms with Crippen LogP contribution in [0.4, 0.5) is 17.6 Å². The van der Waals surface area contributed by atoms with Crippen LogP contribution in [0.5, 0.6) is 0 Å². The zero-order chi connectivity index (χ0) is 28.4. The summed E-state index contributed by atoms with van der Waals surface area (Å²) in [6.45, 7) is 1.11. The fraction of sp³-hybridized carbons (Fsp3) is 0.414. The number of hydrogen-bond donors (Lipinski definition) is 0. The van der Waals surface area contributed by atoms with Crippen molar-refractivity contribution in [2.75, 3.05) is 20.1 Å². The van der Waals surface area contributed by atoms with Crippen LogP contribution >= 0.6 is 0 Å². The summed E-state index contributed by atoms with van der Waals surface area (Å²) in [5, 5.41) is 0. The van der Waals surface area contributed by atoms with Gasteiger partial charge in [0.05, 0.1) is 23.5 Å². The van der Waals surface area contributed by atoms with Gasteiger partial charge in [0.15, 0.2) is 0 Å². The van der Waals surface area contributed by atoms with Crippen LogP contribution < -0.4 is 0 Å². The average molecular weight is 637 g/mol. The maximum Gasteiger partial charge on any atom is 2.00 e. The minimum atomic E-state index is -4.57. The van der Waals surface area contributed by atoms with Gasteiger partial charge in [-0.3, -0.25) is 24.8 Å². The molecular formula is C29H28F4N2NbO4. The third-order valence-electron chi connectivity index (χ3n) is 7.85. The molecule has 6 nitrogen and oxygen atoms in total. The molecule has 0 bridgehead atoms. The van der Waals surface area contributed by atoms with Crippen molar-refractivity contribution in [3.05, 3.63) is 77.0 Å². The van der Waals surface area contributed by atoms with Crippen LogP contribution in [0.3, 0.4) is 0 Å². The summed E-state index contributed by atoms with van der Waals surface area (Å²) in [7, 11) is 1.58. The molecule has 40 heavy (non-hydrogen) atoms. The molecule has 1 aliphatic carbocycles. The summed E-state index contributed by atoms with van der Waals surface area (Å²) >= 11 is 0. The second kappa shape index (κ2) is 12.7. The molecule has 0 N–H and O–H groups in total. The van der Waals surface area contributed by atoms with E-state index < -0.39 is 34.5 Å². The standard InChI is InChI=1S/C21H25N2O3.C8H3F4O.Nb/c1-22-19(25)17(15-7-3-2-4-8-15)21(20(22)26)11-13-23(14-12-21)18(24)16-9-5-6-10-16;9-7-2-1-6(8(10,11)12)3-5(7)4-13;/h2-4,7-8,17H,5-6,9-14H2,1H3;1-3H;/q2*-1;+2. The first kappa shape index (κ1) is 31.6. The van der Waals surface area contributed by atoms with E-state index in [-0.39, 0.29) is 40.1 Å². The third kappa shape index (κ3) is 6.19. The van der Waals surface area contributed by atoms with Crippen molar-refractivity contribution < 1.29 is 59.1 Å². The smallest absolute Gasteiger partial charge is 0.376 e. The average Bonchev–Trinajstić information content (AvgIpc) is 3.53. The van der Waals surface area contributed by atoms with Crippen molar-refractivity contribution in [3.8, 4) is 0 Å². The maximum absolute atomic E-state index is 13.0. The molecule has 3 fully saturated rings. The first-order valence-electron chi connectivity index (χ1n) is 12.8. The van der Waals surface area contributed by atoms with Crippen LogP contribution in [0.15, 0.2) is 48.5 Å². The van der Waals surface area contributed by atoms with Gasteiger partial charge < -0.3 is 14.5 Å². The number of amides is 3. The van der Waals surface area contributed by atoms with Gasteiger partial charge in [-0.2, -0.15) is 26.0 Å². The summed E-state index contributed by atoms with van der Waals surface area (Å²) < 4.78 is 48.5. The van der Waals surface area contributed by atoms with Crippen molar-refractivity contribution in [2.24, 2.45) is 5.41 Å². The molecule has 1 radical (unpaired) electrons. The molecule has 211 valence electrons. The van der Waals surface area contributed by atoms with Gasteiger partial charge in [-0.25, -0.2) is 0 Å². The Morgan fingerprint density at radius 1 is 1.02 bits per heavy atom. The molecule has 1 atom stereocenters. The number of likely N-dealkylation sites (tertiary alicyclic amines) is 2. The normalized spacial score (nSPS) is 20.2. The third-order valence-corrected chi connectivity index (χ3v) is 7.85. The number of hydrogen-bond acceptors (Lipinski definition) is 4. The molecule has 2 aliphatic heterocycles. The molecule has 3 aliphatic rings. The molecule has 1 spiro atoms. The summed E-state index contributed by atoms with van der Waals surface area (Å²) in [5.74, 6) is -0.450. The van der Waals surface area contributed by atoms with Gasteiger partial charge in [-0.05, 0) is 24.0 Å². The van der Waals surface area contributed by atoms with Gasteiger partial charge in [0.1, 0.15) is 0 Å². The van der Waals surface area contributed by atoms with E-state index in [0.29, 0.717) is 44.1 Å². The van der Waals surface area contributed by atoms with E-state index in [2.05, 4.69) is 0 Å². The Morgan fingerprint density at radius 3 is 2.17 bits per heavy atom. The minimum absolute atomic E-state index is 0. The van der Waals surface area contributed by atoms with Crippen molar-refractivity contribution >= 4 is 24.0 Å². The van der Waals surface area contributed by atoms with Crippen LogP contribution in [-0.2, 0) is 47.7 Å². The molecule has 5 rings (SSSR count). The fourth-order valence-electron chi connectivity index (χ4n) is 5.73. The number of piperidine rings is 1. The topological polar surface area (TPSA) is 74.8 Å². The zero-order valence-electron chi connectivity index (χ0n) is 21.8. The molecule has 2 aromatic rings. The summed E-state index contributed by atoms with van der Waals surface area (Å²) in [4.78, 5) is 51.7. The molecule has 2 saturated heterocycles. The molecule has 2 heterocycles. The van der Waals surface area contributed by atoms with Crippen molar-refractivity contribution in [3.63, 3.8) is 0 Å². The van der Waals surface area contributed by atoms with Gasteiger partial charge in [-0.15, -0.1) is 11.6 Å². The van der Waals surface area contributed by atoms with Gasteiger partial charge >= 0.3 is 28.6 Å². The van der Waals surface area contributed by atoms with E-state index in [1.165, 1.54) is 4.90 Å². The fourth-order valence-corrected chi connectivity index (χ4v) is 5.73. The van der Waals surface area contributed by atoms with Gasteiger partial charge in [0, 0.05) is 26.0 Å². The van der Waals surface area contributed by atoms with E-state index in [1.807, 2.05) is 35.2 Å². The number of halogens is 4. The number of rotatable bonds is 3. The number of benzene rings is 2. The van der Waals surface area contributed by atoms with Crippen LogP contribution in [0.2, 0.25) is 0 Å². The SMILES string of the molecule is CN1C(=O)C(c2ccccc2)C2(CCN(C(=O)[C-]3CCCC3)CC2)C1=O.O=[C-]c1cc(C(F)(F)F)ccc1F.[Nb+2]. The number of alkyl halides is 3. The monoisotopic (exact) mass is 637 g/mol. The number of imide groups is 1. The zero-order valence-corrected chi connectivity index (χ0v) is 24.0. The van der Waals surface area contributed by atoms with E-state index in [1.54, 1.807) is 7.05 Å². The van der Waals surface area contributed by atoms with Crippen LogP contribution in [0.25, 0.3) is 0 Å². The van der Waals surface area contributed by atoms with E-state index in [4.69, 9.17) is 0 Å². The van der Waals surface area contributed by atoms with Gasteiger partial charge in [-0.1, -0.05) is 55.3 Å². The Bertz CT molecular complexity index is 1240. The van der Waals surface area contributed by atoms with Gasteiger partial charge in [0.25, 0.3) is 0 Å². The number of carbonyl (C=O) groups is 3. The second-order valence-corrected chi connectivity index (χ2v) is 10.1. The largest absolute Gasteiger partial charge is 2.00 e. The first-order chi connectivity index (χ1) is 18.5. The molecule has 3 amide bonds. The van der Waals surface area contributed by atoms with Crippen molar-refractivity contribution in [2.45, 2.75) is 50.6 Å². The summed E-state index contributed by atoms with van der Waals surface area (Å²) in [6.07, 6.45) is 1.65. The minimum Gasteiger partial charge on any atom is -0.376 e. The predicted octanol–water partition coefficient (Wildman–Crippen LogP) is 4.83. The summed E-state index contributed by atoms with van der Waals surface area (Å²) in [6, 6.07) is 11.2. The number of carbonyl (C=O) groups excluding carboxylic acids is 4. The summed E-state index contributed by atoms with van der Waals surface area (Å²) in [5.41, 5.74) is -1.58. The molecule has 0 aromatic heterocycles. The second-order valence-electron chi connectivity index (χ2n) is 10.1. The Labute approximate surface area is 245 Å². The van der Waals surface area contributed by atoms with Crippen molar-refractivity contribution in [1.82, 2.24) is 9.80 Å². The van der Waals surface area contributed by atoms with Gasteiger partial charge in [0.2, 0.25) is 11.8 Å². The Hall–Kier alpha value is -2.95. The van der Waals surface area contributed by atoms with Crippen LogP contribution in [-0.4, -0.2) is 53.9 Å². The predicted molar refractivity (Wildman–Crippen MR) is 133 cm³/mol. The molecular weight excluding hydrogens is 609 g/mol. The van der Waals surface area contributed by atoms with E-state index in [0.717, 1.165) is 43.5 Å². The molecule has 1 unspecified atom stereocenters.